The van der Waals surface area contributed by atoms with E-state index in [9.17, 15) is 9.59 Å². The first kappa shape index (κ1) is 17.5. The average Bonchev–Trinajstić information content (AvgIpc) is 3.29. The standard InChI is InChI=1S/C18H18ClNO2S2/c19-14-5-3-13(4-6-14)17(21)11-23-12-18(22)20(15-7-8-15)10-16-2-1-9-24-16/h1-6,9,15H,7-8,10-12H2. The number of carbonyl (C=O) groups is 2. The highest BCUT2D eigenvalue weighted by Crippen LogP contribution is 2.30. The van der Waals surface area contributed by atoms with Crippen LogP contribution in [0.25, 0.3) is 0 Å². The lowest BCUT2D eigenvalue weighted by atomic mass is 10.1. The van der Waals surface area contributed by atoms with Crippen molar-refractivity contribution in [3.05, 3.63) is 57.2 Å². The van der Waals surface area contributed by atoms with E-state index in [0.29, 0.717) is 34.7 Å². The molecule has 1 fully saturated rings. The summed E-state index contributed by atoms with van der Waals surface area (Å²) in [4.78, 5) is 27.8. The number of Topliss-reactive ketones (excluding diaryl/α,β-unsaturated/α-hetero) is 1. The highest BCUT2D eigenvalue weighted by atomic mass is 35.5. The predicted octanol–water partition coefficient (Wildman–Crippen LogP) is 4.51. The summed E-state index contributed by atoms with van der Waals surface area (Å²) in [6, 6.07) is 11.3. The van der Waals surface area contributed by atoms with Crippen LogP contribution in [0.5, 0.6) is 0 Å². The molecule has 2 aromatic rings. The molecule has 1 aromatic heterocycles. The molecule has 1 aromatic carbocycles. The molecule has 1 aliphatic carbocycles. The fraction of sp³-hybridized carbons (Fsp3) is 0.333. The van der Waals surface area contributed by atoms with Crippen LogP contribution < -0.4 is 0 Å². The minimum absolute atomic E-state index is 0.0284. The van der Waals surface area contributed by atoms with Gasteiger partial charge >= 0.3 is 0 Å². The molecule has 0 atom stereocenters. The van der Waals surface area contributed by atoms with Crippen LogP contribution in [0.15, 0.2) is 41.8 Å². The van der Waals surface area contributed by atoms with Crippen LogP contribution in [0.4, 0.5) is 0 Å². The molecule has 0 N–H and O–H groups in total. The van der Waals surface area contributed by atoms with Gasteiger partial charge in [0, 0.05) is 21.5 Å². The lowest BCUT2D eigenvalue weighted by Gasteiger charge is -2.21. The second-order valence-corrected chi connectivity index (χ2v) is 8.21. The van der Waals surface area contributed by atoms with Crippen LogP contribution in [0, 0.1) is 0 Å². The zero-order chi connectivity index (χ0) is 16.9. The van der Waals surface area contributed by atoms with Crippen molar-refractivity contribution in [1.82, 2.24) is 4.90 Å². The lowest BCUT2D eigenvalue weighted by Crippen LogP contribution is -2.33. The second-order valence-electron chi connectivity index (χ2n) is 5.76. The number of hydrogen-bond donors (Lipinski definition) is 0. The maximum absolute atomic E-state index is 12.5. The number of ketones is 1. The largest absolute Gasteiger partial charge is 0.334 e. The van der Waals surface area contributed by atoms with Gasteiger partial charge in [0.2, 0.25) is 5.91 Å². The van der Waals surface area contributed by atoms with Gasteiger partial charge in [0.15, 0.2) is 5.78 Å². The minimum atomic E-state index is 0.0284. The molecule has 3 nitrogen and oxygen atoms in total. The zero-order valence-corrected chi connectivity index (χ0v) is 15.5. The molecular formula is C18H18ClNO2S2. The van der Waals surface area contributed by atoms with Crippen molar-refractivity contribution >= 4 is 46.4 Å². The number of carbonyl (C=O) groups excluding carboxylic acids is 2. The van der Waals surface area contributed by atoms with Gasteiger partial charge in [-0.1, -0.05) is 17.7 Å². The molecule has 0 aliphatic heterocycles. The number of rotatable bonds is 8. The zero-order valence-electron chi connectivity index (χ0n) is 13.1. The monoisotopic (exact) mass is 379 g/mol. The number of halogens is 1. The van der Waals surface area contributed by atoms with Crippen LogP contribution in [0.3, 0.4) is 0 Å². The van der Waals surface area contributed by atoms with E-state index in [1.807, 2.05) is 16.3 Å². The molecule has 0 saturated heterocycles. The normalized spacial score (nSPS) is 13.7. The fourth-order valence-corrected chi connectivity index (χ4v) is 4.03. The Morgan fingerprint density at radius 3 is 2.54 bits per heavy atom. The topological polar surface area (TPSA) is 37.4 Å². The van der Waals surface area contributed by atoms with Gasteiger partial charge in [-0.2, -0.15) is 0 Å². The van der Waals surface area contributed by atoms with E-state index in [4.69, 9.17) is 11.6 Å². The van der Waals surface area contributed by atoms with Crippen LogP contribution in [0.2, 0.25) is 5.02 Å². The van der Waals surface area contributed by atoms with Crippen molar-refractivity contribution in [3.8, 4) is 0 Å². The summed E-state index contributed by atoms with van der Waals surface area (Å²) < 4.78 is 0. The van der Waals surface area contributed by atoms with Crippen LogP contribution in [0.1, 0.15) is 28.1 Å². The molecule has 6 heteroatoms. The van der Waals surface area contributed by atoms with Gasteiger partial charge in [-0.25, -0.2) is 0 Å². The summed E-state index contributed by atoms with van der Waals surface area (Å²) in [7, 11) is 0. The Bertz CT molecular complexity index is 696. The summed E-state index contributed by atoms with van der Waals surface area (Å²) in [5, 5.41) is 2.65. The molecule has 3 rings (SSSR count). The van der Waals surface area contributed by atoms with Gasteiger partial charge < -0.3 is 4.90 Å². The molecular weight excluding hydrogens is 362 g/mol. The molecule has 0 unspecified atom stereocenters. The lowest BCUT2D eigenvalue weighted by molar-refractivity contribution is -0.129. The molecule has 1 aliphatic rings. The first-order chi connectivity index (χ1) is 11.6. The summed E-state index contributed by atoms with van der Waals surface area (Å²) >= 11 is 8.88. The van der Waals surface area contributed by atoms with Gasteiger partial charge in [0.05, 0.1) is 18.1 Å². The number of nitrogens with zero attached hydrogens (tertiary/aromatic N) is 1. The van der Waals surface area contributed by atoms with Gasteiger partial charge in [-0.3, -0.25) is 9.59 Å². The van der Waals surface area contributed by atoms with Gasteiger partial charge in [-0.15, -0.1) is 23.1 Å². The van der Waals surface area contributed by atoms with Crippen molar-refractivity contribution in [2.75, 3.05) is 11.5 Å². The highest BCUT2D eigenvalue weighted by Gasteiger charge is 2.32. The van der Waals surface area contributed by atoms with Crippen molar-refractivity contribution in [1.29, 1.82) is 0 Å². The Labute approximate surface area is 155 Å². The molecule has 1 saturated carbocycles. The Balaban J connectivity index is 1.48. The SMILES string of the molecule is O=C(CSCC(=O)N(Cc1cccs1)C1CC1)c1ccc(Cl)cc1. The van der Waals surface area contributed by atoms with Gasteiger partial charge in [-0.05, 0) is 48.6 Å². The highest BCUT2D eigenvalue weighted by molar-refractivity contribution is 8.00. The van der Waals surface area contributed by atoms with Crippen molar-refractivity contribution in [2.45, 2.75) is 25.4 Å². The van der Waals surface area contributed by atoms with Crippen LogP contribution >= 0.6 is 34.7 Å². The van der Waals surface area contributed by atoms with Crippen molar-refractivity contribution < 1.29 is 9.59 Å². The van der Waals surface area contributed by atoms with Crippen LogP contribution in [-0.2, 0) is 11.3 Å². The predicted molar refractivity (Wildman–Crippen MR) is 101 cm³/mol. The maximum atomic E-state index is 12.5. The third-order valence-electron chi connectivity index (χ3n) is 3.84. The van der Waals surface area contributed by atoms with E-state index < -0.39 is 0 Å². The van der Waals surface area contributed by atoms with Crippen molar-refractivity contribution in [3.63, 3.8) is 0 Å². The third-order valence-corrected chi connectivity index (χ3v) is 5.87. The van der Waals surface area contributed by atoms with E-state index in [-0.39, 0.29) is 11.7 Å². The fourth-order valence-electron chi connectivity index (χ4n) is 2.41. The smallest absolute Gasteiger partial charge is 0.233 e. The van der Waals surface area contributed by atoms with E-state index in [1.165, 1.54) is 16.6 Å². The third kappa shape index (κ3) is 4.85. The first-order valence-corrected chi connectivity index (χ1v) is 10.2. The first-order valence-electron chi connectivity index (χ1n) is 7.82. The van der Waals surface area contributed by atoms with E-state index in [0.717, 1.165) is 12.8 Å². The Hall–Kier alpha value is -1.30. The molecule has 0 radical (unpaired) electrons. The molecule has 1 amide bonds. The minimum Gasteiger partial charge on any atom is -0.334 e. The molecule has 24 heavy (non-hydrogen) atoms. The summed E-state index contributed by atoms with van der Waals surface area (Å²) in [6.07, 6.45) is 2.18. The number of thioether (sulfide) groups is 1. The molecule has 0 spiro atoms. The Morgan fingerprint density at radius 1 is 1.17 bits per heavy atom. The van der Waals surface area contributed by atoms with Crippen LogP contribution in [-0.4, -0.2) is 34.1 Å². The van der Waals surface area contributed by atoms with Gasteiger partial charge in [0.1, 0.15) is 0 Å². The number of benzene rings is 1. The molecule has 1 heterocycles. The second kappa shape index (κ2) is 8.19. The Morgan fingerprint density at radius 2 is 1.92 bits per heavy atom. The molecule has 126 valence electrons. The Kier molecular flexibility index (Phi) is 5.98. The molecule has 0 bridgehead atoms. The maximum Gasteiger partial charge on any atom is 0.233 e. The number of amides is 1. The number of hydrogen-bond acceptors (Lipinski definition) is 4. The summed E-state index contributed by atoms with van der Waals surface area (Å²) in [5.41, 5.74) is 0.636. The van der Waals surface area contributed by atoms with E-state index >= 15 is 0 Å². The summed E-state index contributed by atoms with van der Waals surface area (Å²) in [6.45, 7) is 0.687. The van der Waals surface area contributed by atoms with Crippen molar-refractivity contribution in [2.24, 2.45) is 0 Å². The van der Waals surface area contributed by atoms with E-state index in [1.54, 1.807) is 35.6 Å². The van der Waals surface area contributed by atoms with E-state index in [2.05, 4.69) is 6.07 Å². The number of thiophene rings is 1. The van der Waals surface area contributed by atoms with Gasteiger partial charge in [0.25, 0.3) is 0 Å². The quantitative estimate of drug-likeness (QED) is 0.633. The summed E-state index contributed by atoms with van der Waals surface area (Å²) in [5.74, 6) is 0.812. The average molecular weight is 380 g/mol.